The summed E-state index contributed by atoms with van der Waals surface area (Å²) < 4.78 is 10.5. The maximum absolute atomic E-state index is 6.20. The molecule has 0 radical (unpaired) electrons. The molecule has 3 nitrogen and oxygen atoms in total. The molecule has 0 amide bonds. The first-order chi connectivity index (χ1) is 8.54. The van der Waals surface area contributed by atoms with Crippen molar-refractivity contribution in [2.24, 2.45) is 0 Å². The Hall–Kier alpha value is -1.19. The Labute approximate surface area is 114 Å². The first kappa shape index (κ1) is 14.9. The summed E-state index contributed by atoms with van der Waals surface area (Å²) in [7, 11) is 3.17. The zero-order valence-corrected chi connectivity index (χ0v) is 12.1. The molecule has 18 heavy (non-hydrogen) atoms. The van der Waals surface area contributed by atoms with Crippen LogP contribution in [0.2, 0.25) is 5.02 Å². The molecule has 0 heterocycles. The lowest BCUT2D eigenvalue weighted by Crippen LogP contribution is -2.21. The van der Waals surface area contributed by atoms with Crippen molar-refractivity contribution in [3.05, 3.63) is 34.9 Å². The lowest BCUT2D eigenvalue weighted by atomic mass is 10.0. The minimum Gasteiger partial charge on any atom is -0.493 e. The van der Waals surface area contributed by atoms with Crippen molar-refractivity contribution in [1.82, 2.24) is 5.32 Å². The van der Waals surface area contributed by atoms with Crippen molar-refractivity contribution < 1.29 is 9.47 Å². The van der Waals surface area contributed by atoms with Gasteiger partial charge in [0.2, 0.25) is 0 Å². The van der Waals surface area contributed by atoms with E-state index >= 15 is 0 Å². The van der Waals surface area contributed by atoms with Crippen LogP contribution in [-0.2, 0) is 0 Å². The van der Waals surface area contributed by atoms with E-state index in [9.17, 15) is 0 Å². The Balaban J connectivity index is 3.24. The quantitative estimate of drug-likeness (QED) is 0.801. The normalized spacial score (nSPS) is 12.1. The van der Waals surface area contributed by atoms with Gasteiger partial charge in [0.25, 0.3) is 0 Å². The van der Waals surface area contributed by atoms with Crippen molar-refractivity contribution in [3.63, 3.8) is 0 Å². The van der Waals surface area contributed by atoms with Crippen molar-refractivity contribution in [2.75, 3.05) is 20.8 Å². The zero-order valence-electron chi connectivity index (χ0n) is 11.3. The minimum absolute atomic E-state index is 0.0623. The molecule has 1 aromatic rings. The molecule has 0 aliphatic rings. The Morgan fingerprint density at radius 1 is 1.39 bits per heavy atom. The van der Waals surface area contributed by atoms with Crippen LogP contribution in [0.25, 0.3) is 0 Å². The molecule has 1 aromatic carbocycles. The predicted octanol–water partition coefficient (Wildman–Crippen LogP) is 3.58. The van der Waals surface area contributed by atoms with E-state index in [-0.39, 0.29) is 6.04 Å². The molecule has 1 unspecified atom stereocenters. The molecule has 0 bridgehead atoms. The summed E-state index contributed by atoms with van der Waals surface area (Å²) in [6, 6.07) is 3.87. The summed E-state index contributed by atoms with van der Waals surface area (Å²) in [6.07, 6.45) is 0. The third-order valence-electron chi connectivity index (χ3n) is 2.69. The highest BCUT2D eigenvalue weighted by atomic mass is 35.5. The van der Waals surface area contributed by atoms with Gasteiger partial charge in [-0.1, -0.05) is 30.7 Å². The molecule has 100 valence electrons. The first-order valence-corrected chi connectivity index (χ1v) is 6.23. The van der Waals surface area contributed by atoms with Gasteiger partial charge in [-0.2, -0.15) is 0 Å². The van der Waals surface area contributed by atoms with Gasteiger partial charge in [0.05, 0.1) is 25.3 Å². The smallest absolute Gasteiger partial charge is 0.179 e. The fourth-order valence-electron chi connectivity index (χ4n) is 1.89. The van der Waals surface area contributed by atoms with Crippen molar-refractivity contribution in [3.8, 4) is 11.5 Å². The van der Waals surface area contributed by atoms with Crippen LogP contribution in [0.1, 0.15) is 25.5 Å². The second-order valence-electron chi connectivity index (χ2n) is 4.08. The predicted molar refractivity (Wildman–Crippen MR) is 75.8 cm³/mol. The molecule has 0 aliphatic heterocycles. The summed E-state index contributed by atoms with van der Waals surface area (Å²) in [5, 5.41) is 3.90. The number of hydrogen-bond acceptors (Lipinski definition) is 3. The SMILES string of the molecule is C=C(C)C(NCC)c1cc(Cl)c(OC)c(OC)c1. The Morgan fingerprint density at radius 2 is 2.06 bits per heavy atom. The average Bonchev–Trinajstić information content (AvgIpc) is 2.34. The number of ether oxygens (including phenoxy) is 2. The third kappa shape index (κ3) is 3.18. The highest BCUT2D eigenvalue weighted by Gasteiger charge is 2.17. The lowest BCUT2D eigenvalue weighted by Gasteiger charge is -2.20. The monoisotopic (exact) mass is 269 g/mol. The summed E-state index contributed by atoms with van der Waals surface area (Å²) in [5.41, 5.74) is 2.05. The Bertz CT molecular complexity index is 432. The molecule has 0 fully saturated rings. The van der Waals surface area contributed by atoms with E-state index in [0.717, 1.165) is 17.7 Å². The van der Waals surface area contributed by atoms with Crippen LogP contribution in [0.15, 0.2) is 24.3 Å². The number of rotatable bonds is 6. The van der Waals surface area contributed by atoms with Gasteiger partial charge in [-0.25, -0.2) is 0 Å². The van der Waals surface area contributed by atoms with E-state index in [4.69, 9.17) is 21.1 Å². The molecule has 1 atom stereocenters. The number of methoxy groups -OCH3 is 2. The number of halogens is 1. The van der Waals surface area contributed by atoms with Gasteiger partial charge in [-0.05, 0) is 31.2 Å². The number of nitrogens with one attached hydrogen (secondary N) is 1. The number of hydrogen-bond donors (Lipinski definition) is 1. The van der Waals surface area contributed by atoms with Crippen LogP contribution in [-0.4, -0.2) is 20.8 Å². The highest BCUT2D eigenvalue weighted by Crippen LogP contribution is 2.38. The fraction of sp³-hybridized carbons (Fsp3) is 0.429. The van der Waals surface area contributed by atoms with Gasteiger partial charge >= 0.3 is 0 Å². The zero-order chi connectivity index (χ0) is 13.7. The van der Waals surface area contributed by atoms with Crippen LogP contribution in [0, 0.1) is 0 Å². The first-order valence-electron chi connectivity index (χ1n) is 5.85. The van der Waals surface area contributed by atoms with Crippen molar-refractivity contribution in [1.29, 1.82) is 0 Å². The van der Waals surface area contributed by atoms with E-state index in [1.165, 1.54) is 0 Å². The average molecular weight is 270 g/mol. The molecular weight excluding hydrogens is 250 g/mol. The van der Waals surface area contributed by atoms with Crippen molar-refractivity contribution in [2.45, 2.75) is 19.9 Å². The molecule has 0 saturated carbocycles. The number of benzene rings is 1. The lowest BCUT2D eigenvalue weighted by molar-refractivity contribution is 0.354. The minimum atomic E-state index is 0.0623. The van der Waals surface area contributed by atoms with E-state index in [2.05, 4.69) is 18.8 Å². The topological polar surface area (TPSA) is 30.5 Å². The second-order valence-corrected chi connectivity index (χ2v) is 4.48. The largest absolute Gasteiger partial charge is 0.493 e. The molecule has 4 heteroatoms. The van der Waals surface area contributed by atoms with Crippen LogP contribution in [0.4, 0.5) is 0 Å². The highest BCUT2D eigenvalue weighted by molar-refractivity contribution is 6.32. The Kier molecular flexibility index (Phi) is 5.51. The van der Waals surface area contributed by atoms with Crippen LogP contribution < -0.4 is 14.8 Å². The fourth-order valence-corrected chi connectivity index (χ4v) is 2.18. The molecular formula is C14H20ClNO2. The standard InChI is InChI=1S/C14H20ClNO2/c1-6-16-13(9(2)3)10-7-11(15)14(18-5)12(8-10)17-4/h7-8,13,16H,2,6H2,1,3-5H3. The number of likely N-dealkylation sites (N-methyl/N-ethyl adjacent to an activating group) is 1. The van der Waals surface area contributed by atoms with Crippen LogP contribution in [0.3, 0.4) is 0 Å². The van der Waals surface area contributed by atoms with E-state index in [0.29, 0.717) is 16.5 Å². The van der Waals surface area contributed by atoms with E-state index in [1.54, 1.807) is 14.2 Å². The summed E-state index contributed by atoms with van der Waals surface area (Å²) in [4.78, 5) is 0. The molecule has 0 aliphatic carbocycles. The van der Waals surface area contributed by atoms with Crippen LogP contribution >= 0.6 is 11.6 Å². The van der Waals surface area contributed by atoms with Gasteiger partial charge < -0.3 is 14.8 Å². The summed E-state index contributed by atoms with van der Waals surface area (Å²) in [5.74, 6) is 1.18. The van der Waals surface area contributed by atoms with E-state index in [1.807, 2.05) is 19.1 Å². The summed E-state index contributed by atoms with van der Waals surface area (Å²) >= 11 is 6.20. The van der Waals surface area contributed by atoms with Crippen molar-refractivity contribution >= 4 is 11.6 Å². The van der Waals surface area contributed by atoms with Gasteiger partial charge in [-0.15, -0.1) is 0 Å². The van der Waals surface area contributed by atoms with Gasteiger partial charge in [0.1, 0.15) is 0 Å². The molecule has 0 aromatic heterocycles. The van der Waals surface area contributed by atoms with Gasteiger partial charge in [-0.3, -0.25) is 0 Å². The van der Waals surface area contributed by atoms with Gasteiger partial charge in [0, 0.05) is 0 Å². The molecule has 0 saturated heterocycles. The van der Waals surface area contributed by atoms with E-state index < -0.39 is 0 Å². The second kappa shape index (κ2) is 6.66. The molecule has 0 spiro atoms. The molecule has 1 N–H and O–H groups in total. The van der Waals surface area contributed by atoms with Gasteiger partial charge in [0.15, 0.2) is 11.5 Å². The maximum Gasteiger partial charge on any atom is 0.179 e. The third-order valence-corrected chi connectivity index (χ3v) is 2.97. The Morgan fingerprint density at radius 3 is 2.50 bits per heavy atom. The van der Waals surface area contributed by atoms with Crippen LogP contribution in [0.5, 0.6) is 11.5 Å². The maximum atomic E-state index is 6.20. The molecule has 1 rings (SSSR count). The summed E-state index contributed by atoms with van der Waals surface area (Å²) in [6.45, 7) is 8.89.